The van der Waals surface area contributed by atoms with Gasteiger partial charge in [0.05, 0.1) is 11.4 Å². The van der Waals surface area contributed by atoms with Crippen LogP contribution in [0.4, 0.5) is 5.82 Å². The Morgan fingerprint density at radius 3 is 2.69 bits per heavy atom. The molecule has 0 spiro atoms. The summed E-state index contributed by atoms with van der Waals surface area (Å²) >= 11 is 0. The first kappa shape index (κ1) is 10.7. The monoisotopic (exact) mass is 216 g/mol. The van der Waals surface area contributed by atoms with E-state index in [0.29, 0.717) is 5.92 Å². The highest BCUT2D eigenvalue weighted by atomic mass is 15.0. The second kappa shape index (κ2) is 4.35. The average molecular weight is 216 g/mol. The van der Waals surface area contributed by atoms with E-state index in [1.807, 2.05) is 31.4 Å². The van der Waals surface area contributed by atoms with E-state index in [4.69, 9.17) is 0 Å². The van der Waals surface area contributed by atoms with Gasteiger partial charge in [-0.15, -0.1) is 0 Å². The molecule has 2 N–H and O–H groups in total. The Kier molecular flexibility index (Phi) is 2.90. The molecule has 2 heterocycles. The summed E-state index contributed by atoms with van der Waals surface area (Å²) in [5.41, 5.74) is 1.94. The fourth-order valence-corrected chi connectivity index (χ4v) is 1.48. The molecule has 4 heteroatoms. The first-order valence-electron chi connectivity index (χ1n) is 5.41. The second-order valence-electron chi connectivity index (χ2n) is 3.99. The van der Waals surface area contributed by atoms with Gasteiger partial charge >= 0.3 is 0 Å². The van der Waals surface area contributed by atoms with E-state index in [2.05, 4.69) is 34.1 Å². The van der Waals surface area contributed by atoms with Crippen molar-refractivity contribution >= 4 is 5.82 Å². The SMILES string of the molecule is CNc1cc(-c2ccc[nH]2)nc(C(C)C)n1. The van der Waals surface area contributed by atoms with Crippen molar-refractivity contribution in [1.82, 2.24) is 15.0 Å². The van der Waals surface area contributed by atoms with E-state index in [1.165, 1.54) is 0 Å². The Morgan fingerprint density at radius 1 is 1.31 bits per heavy atom. The summed E-state index contributed by atoms with van der Waals surface area (Å²) < 4.78 is 0. The summed E-state index contributed by atoms with van der Waals surface area (Å²) in [5.74, 6) is 2.03. The molecule has 84 valence electrons. The van der Waals surface area contributed by atoms with Gasteiger partial charge in [0.1, 0.15) is 11.6 Å². The third-order valence-corrected chi connectivity index (χ3v) is 2.39. The van der Waals surface area contributed by atoms with Crippen molar-refractivity contribution in [2.24, 2.45) is 0 Å². The number of rotatable bonds is 3. The van der Waals surface area contributed by atoms with Crippen LogP contribution in [0, 0.1) is 0 Å². The summed E-state index contributed by atoms with van der Waals surface area (Å²) in [7, 11) is 1.87. The van der Waals surface area contributed by atoms with Crippen LogP contribution in [0.1, 0.15) is 25.6 Å². The van der Waals surface area contributed by atoms with Crippen LogP contribution >= 0.6 is 0 Å². The number of hydrogen-bond donors (Lipinski definition) is 2. The molecule has 16 heavy (non-hydrogen) atoms. The molecule has 2 aromatic heterocycles. The predicted molar refractivity (Wildman–Crippen MR) is 65.5 cm³/mol. The zero-order chi connectivity index (χ0) is 11.5. The van der Waals surface area contributed by atoms with E-state index >= 15 is 0 Å². The molecule has 0 unspecified atom stereocenters. The topological polar surface area (TPSA) is 53.6 Å². The molecule has 0 aliphatic carbocycles. The molecule has 2 rings (SSSR count). The van der Waals surface area contributed by atoms with Crippen LogP contribution in [-0.2, 0) is 0 Å². The third kappa shape index (κ3) is 2.05. The average Bonchev–Trinajstić information content (AvgIpc) is 2.81. The molecule has 0 aromatic carbocycles. The Hall–Kier alpha value is -1.84. The molecule has 0 amide bonds. The summed E-state index contributed by atoms with van der Waals surface area (Å²) in [6.45, 7) is 4.18. The highest BCUT2D eigenvalue weighted by Gasteiger charge is 2.08. The van der Waals surface area contributed by atoms with Crippen LogP contribution in [0.2, 0.25) is 0 Å². The maximum absolute atomic E-state index is 4.54. The maximum Gasteiger partial charge on any atom is 0.134 e. The van der Waals surface area contributed by atoms with Crippen LogP contribution in [0.5, 0.6) is 0 Å². The smallest absolute Gasteiger partial charge is 0.134 e. The van der Waals surface area contributed by atoms with Gasteiger partial charge in [-0.2, -0.15) is 0 Å². The van der Waals surface area contributed by atoms with Gasteiger partial charge in [-0.1, -0.05) is 13.8 Å². The highest BCUT2D eigenvalue weighted by Crippen LogP contribution is 2.20. The van der Waals surface area contributed by atoms with Crippen molar-refractivity contribution in [1.29, 1.82) is 0 Å². The molecule has 0 aliphatic rings. The van der Waals surface area contributed by atoms with Crippen molar-refractivity contribution < 1.29 is 0 Å². The van der Waals surface area contributed by atoms with Crippen molar-refractivity contribution in [3.05, 3.63) is 30.2 Å². The van der Waals surface area contributed by atoms with Crippen molar-refractivity contribution in [2.45, 2.75) is 19.8 Å². The Bertz CT molecular complexity index is 460. The lowest BCUT2D eigenvalue weighted by Gasteiger charge is -2.08. The first-order valence-corrected chi connectivity index (χ1v) is 5.41. The van der Waals surface area contributed by atoms with Gasteiger partial charge < -0.3 is 10.3 Å². The van der Waals surface area contributed by atoms with E-state index < -0.39 is 0 Å². The van der Waals surface area contributed by atoms with Crippen LogP contribution in [0.25, 0.3) is 11.4 Å². The zero-order valence-corrected chi connectivity index (χ0v) is 9.78. The molecule has 0 bridgehead atoms. The van der Waals surface area contributed by atoms with Gasteiger partial charge in [0.25, 0.3) is 0 Å². The number of anilines is 1. The van der Waals surface area contributed by atoms with E-state index in [1.54, 1.807) is 0 Å². The Morgan fingerprint density at radius 2 is 2.12 bits per heavy atom. The molecular formula is C12H16N4. The van der Waals surface area contributed by atoms with Crippen LogP contribution in [0.3, 0.4) is 0 Å². The van der Waals surface area contributed by atoms with Crippen molar-refractivity contribution in [3.63, 3.8) is 0 Å². The highest BCUT2D eigenvalue weighted by molar-refractivity contribution is 5.58. The zero-order valence-electron chi connectivity index (χ0n) is 9.78. The number of nitrogens with zero attached hydrogens (tertiary/aromatic N) is 2. The second-order valence-corrected chi connectivity index (χ2v) is 3.99. The lowest BCUT2D eigenvalue weighted by molar-refractivity contribution is 0.777. The van der Waals surface area contributed by atoms with Crippen LogP contribution in [-0.4, -0.2) is 22.0 Å². The molecule has 0 fully saturated rings. The minimum absolute atomic E-state index is 0.321. The molecule has 0 saturated carbocycles. The fourth-order valence-electron chi connectivity index (χ4n) is 1.48. The van der Waals surface area contributed by atoms with Crippen molar-refractivity contribution in [2.75, 3.05) is 12.4 Å². The van der Waals surface area contributed by atoms with Gasteiger partial charge in [-0.05, 0) is 12.1 Å². The standard InChI is InChI=1S/C12H16N4/c1-8(2)12-15-10(7-11(13-3)16-12)9-5-4-6-14-9/h4-8,14H,1-3H3,(H,13,15,16). The minimum atomic E-state index is 0.321. The Labute approximate surface area is 95.1 Å². The van der Waals surface area contributed by atoms with Gasteiger partial charge in [0.15, 0.2) is 0 Å². The normalized spacial score (nSPS) is 10.8. The number of H-pyrrole nitrogens is 1. The van der Waals surface area contributed by atoms with E-state index in [9.17, 15) is 0 Å². The minimum Gasteiger partial charge on any atom is -0.373 e. The number of aromatic amines is 1. The molecule has 0 atom stereocenters. The molecule has 0 saturated heterocycles. The summed E-state index contributed by atoms with van der Waals surface area (Å²) in [6, 6.07) is 5.91. The van der Waals surface area contributed by atoms with E-state index in [0.717, 1.165) is 23.0 Å². The van der Waals surface area contributed by atoms with Crippen molar-refractivity contribution in [3.8, 4) is 11.4 Å². The molecule has 0 radical (unpaired) electrons. The molecule has 2 aromatic rings. The van der Waals surface area contributed by atoms with Gasteiger partial charge in [-0.25, -0.2) is 9.97 Å². The number of nitrogens with one attached hydrogen (secondary N) is 2. The van der Waals surface area contributed by atoms with Gasteiger partial charge in [0, 0.05) is 25.2 Å². The lowest BCUT2D eigenvalue weighted by atomic mass is 10.2. The quantitative estimate of drug-likeness (QED) is 0.829. The van der Waals surface area contributed by atoms with Gasteiger partial charge in [0.2, 0.25) is 0 Å². The number of aromatic nitrogens is 3. The van der Waals surface area contributed by atoms with E-state index in [-0.39, 0.29) is 0 Å². The number of hydrogen-bond acceptors (Lipinski definition) is 3. The predicted octanol–water partition coefficient (Wildman–Crippen LogP) is 2.64. The molecule has 4 nitrogen and oxygen atoms in total. The molecule has 0 aliphatic heterocycles. The van der Waals surface area contributed by atoms with Gasteiger partial charge in [-0.3, -0.25) is 0 Å². The maximum atomic E-state index is 4.54. The summed E-state index contributed by atoms with van der Waals surface area (Å²) in [6.07, 6.45) is 1.89. The fraction of sp³-hybridized carbons (Fsp3) is 0.333. The third-order valence-electron chi connectivity index (χ3n) is 2.39. The molecular weight excluding hydrogens is 200 g/mol. The van der Waals surface area contributed by atoms with Crippen LogP contribution in [0.15, 0.2) is 24.4 Å². The summed E-state index contributed by atoms with van der Waals surface area (Å²) in [4.78, 5) is 12.1. The summed E-state index contributed by atoms with van der Waals surface area (Å²) in [5, 5.41) is 3.06. The lowest BCUT2D eigenvalue weighted by Crippen LogP contribution is -2.03. The first-order chi connectivity index (χ1) is 7.70. The largest absolute Gasteiger partial charge is 0.373 e. The van der Waals surface area contributed by atoms with Crippen LogP contribution < -0.4 is 5.32 Å². The Balaban J connectivity index is 2.49.